The van der Waals surface area contributed by atoms with Crippen molar-refractivity contribution >= 4 is 45.5 Å². The molecule has 0 spiro atoms. The molecule has 39 heavy (non-hydrogen) atoms. The number of nitrogens with one attached hydrogen (secondary N) is 1. The average Bonchev–Trinajstić information content (AvgIpc) is 3.01. The van der Waals surface area contributed by atoms with E-state index in [0.29, 0.717) is 0 Å². The summed E-state index contributed by atoms with van der Waals surface area (Å²) in [5.74, 6) is 0. The Balaban J connectivity index is 1.51. The Bertz CT molecular complexity index is 1850. The van der Waals surface area contributed by atoms with Crippen molar-refractivity contribution in [2.24, 2.45) is 0 Å². The van der Waals surface area contributed by atoms with E-state index in [9.17, 15) is 0 Å². The molecule has 0 atom stereocenters. The highest BCUT2D eigenvalue weighted by molar-refractivity contribution is 6.16. The van der Waals surface area contributed by atoms with Crippen LogP contribution in [0.15, 0.2) is 109 Å². The van der Waals surface area contributed by atoms with Gasteiger partial charge in [-0.15, -0.1) is 0 Å². The Morgan fingerprint density at radius 1 is 0.718 bits per heavy atom. The molecule has 0 radical (unpaired) electrons. The van der Waals surface area contributed by atoms with Crippen molar-refractivity contribution in [3.63, 3.8) is 0 Å². The molecule has 1 aliphatic carbocycles. The summed E-state index contributed by atoms with van der Waals surface area (Å²) in [4.78, 5) is 0. The molecule has 2 aliphatic rings. The topological polar surface area (TPSA) is 12.0 Å². The van der Waals surface area contributed by atoms with Gasteiger partial charge in [0.2, 0.25) is 0 Å². The van der Waals surface area contributed by atoms with Gasteiger partial charge in [0.25, 0.3) is 0 Å². The monoisotopic (exact) mass is 501 g/mol. The molecule has 0 aromatic heterocycles. The van der Waals surface area contributed by atoms with Crippen molar-refractivity contribution in [3.8, 4) is 11.1 Å². The highest BCUT2D eigenvalue weighted by atomic mass is 14.9. The smallest absolute Gasteiger partial charge is 0.0429 e. The van der Waals surface area contributed by atoms with Gasteiger partial charge in [-0.05, 0) is 92.4 Å². The normalized spacial score (nSPS) is 14.5. The zero-order valence-corrected chi connectivity index (χ0v) is 22.2. The molecule has 1 heteroatoms. The maximum Gasteiger partial charge on any atom is 0.0429 e. The largest absolute Gasteiger partial charge is 0.380 e. The van der Waals surface area contributed by atoms with E-state index in [1.165, 1.54) is 71.7 Å². The SMILES string of the molecule is C/C=C\C=C/c1cc2c(c3c1C=CCC3)c1c(c3ccccc32)C=C(c2ccccc2-c2ccccc2)NC1. The van der Waals surface area contributed by atoms with Gasteiger partial charge in [0, 0.05) is 17.8 Å². The highest BCUT2D eigenvalue weighted by Gasteiger charge is 2.23. The van der Waals surface area contributed by atoms with Crippen LogP contribution in [-0.2, 0) is 13.0 Å². The summed E-state index contributed by atoms with van der Waals surface area (Å²) in [6.07, 6.45) is 17.8. The van der Waals surface area contributed by atoms with Crippen molar-refractivity contribution in [2.45, 2.75) is 26.3 Å². The van der Waals surface area contributed by atoms with Gasteiger partial charge in [-0.3, -0.25) is 0 Å². The summed E-state index contributed by atoms with van der Waals surface area (Å²) in [5, 5.41) is 9.30. The van der Waals surface area contributed by atoms with Crippen LogP contribution in [0.5, 0.6) is 0 Å². The minimum absolute atomic E-state index is 0.815. The van der Waals surface area contributed by atoms with E-state index < -0.39 is 0 Å². The molecule has 1 nitrogen and oxygen atoms in total. The Kier molecular flexibility index (Phi) is 5.98. The molecule has 0 unspecified atom stereocenters. The molecule has 1 heterocycles. The van der Waals surface area contributed by atoms with Gasteiger partial charge in [0.15, 0.2) is 0 Å². The molecule has 5 aromatic rings. The lowest BCUT2D eigenvalue weighted by molar-refractivity contribution is 0.885. The second-order valence-electron chi connectivity index (χ2n) is 10.4. The van der Waals surface area contributed by atoms with E-state index in [-0.39, 0.29) is 0 Å². The molecule has 5 aromatic carbocycles. The maximum atomic E-state index is 3.84. The number of fused-ring (bicyclic) bond motifs is 8. The first-order valence-corrected chi connectivity index (χ1v) is 13.9. The number of rotatable bonds is 4. The van der Waals surface area contributed by atoms with Crippen LogP contribution in [0.3, 0.4) is 0 Å². The van der Waals surface area contributed by atoms with Crippen LogP contribution >= 0.6 is 0 Å². The molecule has 1 aliphatic heterocycles. The third-order valence-corrected chi connectivity index (χ3v) is 8.11. The lowest BCUT2D eigenvalue weighted by Crippen LogP contribution is -2.18. The quantitative estimate of drug-likeness (QED) is 0.191. The summed E-state index contributed by atoms with van der Waals surface area (Å²) in [7, 11) is 0. The van der Waals surface area contributed by atoms with Crippen LogP contribution in [0.25, 0.3) is 56.6 Å². The van der Waals surface area contributed by atoms with Crippen molar-refractivity contribution < 1.29 is 0 Å². The second-order valence-corrected chi connectivity index (χ2v) is 10.4. The summed E-state index contributed by atoms with van der Waals surface area (Å²) >= 11 is 0. The van der Waals surface area contributed by atoms with Crippen molar-refractivity contribution in [2.75, 3.05) is 0 Å². The van der Waals surface area contributed by atoms with Crippen LogP contribution < -0.4 is 5.32 Å². The molecule has 0 saturated carbocycles. The van der Waals surface area contributed by atoms with Crippen LogP contribution in [-0.4, -0.2) is 0 Å². The highest BCUT2D eigenvalue weighted by Crippen LogP contribution is 2.43. The van der Waals surface area contributed by atoms with Gasteiger partial charge in [0.1, 0.15) is 0 Å². The first-order valence-electron chi connectivity index (χ1n) is 13.9. The zero-order chi connectivity index (χ0) is 26.2. The molecule has 188 valence electrons. The number of hydrogen-bond donors (Lipinski definition) is 1. The summed E-state index contributed by atoms with van der Waals surface area (Å²) in [6.45, 7) is 2.88. The van der Waals surface area contributed by atoms with Crippen LogP contribution in [0.4, 0.5) is 0 Å². The standard InChI is InChI=1S/C38H31N/c1-2-3-5-16-27-23-35-31-20-11-10-19-30(31)34-24-37(32-21-12-8-17-28(32)26-14-6-4-7-15-26)39-25-36(34)38(35)33-22-13-9-18-29(27)33/h2-12,14-21,23-24,39H,13,22,25H2,1H3/b3-2-,16-5-. The first kappa shape index (κ1) is 23.5. The summed E-state index contributed by atoms with van der Waals surface area (Å²) in [5.41, 5.74) is 11.8. The third kappa shape index (κ3) is 4.02. The van der Waals surface area contributed by atoms with Crippen molar-refractivity contribution in [1.82, 2.24) is 5.32 Å². The van der Waals surface area contributed by atoms with E-state index in [2.05, 4.69) is 140 Å². The van der Waals surface area contributed by atoms with Crippen LogP contribution in [0.2, 0.25) is 0 Å². The Morgan fingerprint density at radius 2 is 1.49 bits per heavy atom. The number of allylic oxidation sites excluding steroid dienone is 4. The van der Waals surface area contributed by atoms with E-state index in [1.54, 1.807) is 0 Å². The minimum Gasteiger partial charge on any atom is -0.380 e. The molecule has 7 rings (SSSR count). The number of aryl methyl sites for hydroxylation is 1. The Labute approximate surface area is 230 Å². The molecule has 0 saturated heterocycles. The summed E-state index contributed by atoms with van der Waals surface area (Å²) in [6, 6.07) is 30.8. The Hall–Kier alpha value is -4.62. The molecule has 1 N–H and O–H groups in total. The third-order valence-electron chi connectivity index (χ3n) is 8.11. The van der Waals surface area contributed by atoms with E-state index in [0.717, 1.165) is 19.4 Å². The Morgan fingerprint density at radius 3 is 2.33 bits per heavy atom. The number of benzene rings is 5. The summed E-state index contributed by atoms with van der Waals surface area (Å²) < 4.78 is 0. The predicted octanol–water partition coefficient (Wildman–Crippen LogP) is 9.81. The van der Waals surface area contributed by atoms with E-state index >= 15 is 0 Å². The van der Waals surface area contributed by atoms with E-state index in [1.807, 2.05) is 0 Å². The fourth-order valence-corrected chi connectivity index (χ4v) is 6.37. The second kappa shape index (κ2) is 9.93. The maximum absolute atomic E-state index is 3.84. The average molecular weight is 502 g/mol. The molecular formula is C38H31N. The van der Waals surface area contributed by atoms with Gasteiger partial charge in [-0.25, -0.2) is 0 Å². The van der Waals surface area contributed by atoms with Gasteiger partial charge in [0.05, 0.1) is 0 Å². The molecular weight excluding hydrogens is 470 g/mol. The lowest BCUT2D eigenvalue weighted by atomic mass is 9.81. The fraction of sp³-hybridized carbons (Fsp3) is 0.105. The first-order chi connectivity index (χ1) is 19.3. The molecule has 0 fully saturated rings. The van der Waals surface area contributed by atoms with Gasteiger partial charge >= 0.3 is 0 Å². The van der Waals surface area contributed by atoms with Crippen molar-refractivity contribution in [1.29, 1.82) is 0 Å². The van der Waals surface area contributed by atoms with Gasteiger partial charge in [-0.2, -0.15) is 0 Å². The lowest BCUT2D eigenvalue weighted by Gasteiger charge is -2.27. The van der Waals surface area contributed by atoms with Crippen LogP contribution in [0, 0.1) is 0 Å². The predicted molar refractivity (Wildman–Crippen MR) is 169 cm³/mol. The van der Waals surface area contributed by atoms with Crippen LogP contribution in [0.1, 0.15) is 46.7 Å². The van der Waals surface area contributed by atoms with Crippen molar-refractivity contribution in [3.05, 3.63) is 143 Å². The number of hydrogen-bond acceptors (Lipinski definition) is 1. The fourth-order valence-electron chi connectivity index (χ4n) is 6.37. The zero-order valence-electron chi connectivity index (χ0n) is 22.2. The minimum atomic E-state index is 0.815. The molecule has 0 amide bonds. The molecule has 0 bridgehead atoms. The van der Waals surface area contributed by atoms with Gasteiger partial charge < -0.3 is 5.32 Å². The van der Waals surface area contributed by atoms with E-state index in [4.69, 9.17) is 0 Å². The van der Waals surface area contributed by atoms with Gasteiger partial charge in [-0.1, -0.05) is 115 Å².